The minimum atomic E-state index is -3.75. The van der Waals surface area contributed by atoms with Gasteiger partial charge in [0.2, 0.25) is 10.0 Å². The van der Waals surface area contributed by atoms with E-state index in [1.54, 1.807) is 18.2 Å². The van der Waals surface area contributed by atoms with E-state index in [1.807, 2.05) is 0 Å². The summed E-state index contributed by atoms with van der Waals surface area (Å²) in [6.07, 6.45) is 2.98. The third kappa shape index (κ3) is 4.44. The number of benzene rings is 2. The van der Waals surface area contributed by atoms with Crippen LogP contribution in [0.2, 0.25) is 10.0 Å². The Morgan fingerprint density at radius 2 is 1.82 bits per heavy atom. The molecular formula is C17H16Cl2N4O4S. The number of hydrogen-bond acceptors (Lipinski definition) is 6. The zero-order chi connectivity index (χ0) is 20.3. The molecule has 1 aliphatic heterocycles. The lowest BCUT2D eigenvalue weighted by atomic mass is 10.2. The fourth-order valence-electron chi connectivity index (χ4n) is 2.76. The van der Waals surface area contributed by atoms with Crippen LogP contribution in [0.4, 0.5) is 11.4 Å². The second-order valence-corrected chi connectivity index (χ2v) is 8.84. The third-order valence-electron chi connectivity index (χ3n) is 4.21. The molecule has 0 aliphatic carbocycles. The molecule has 8 nitrogen and oxygen atoms in total. The first-order valence-corrected chi connectivity index (χ1v) is 10.5. The molecule has 0 spiro atoms. The number of nitro benzene ring substituents is 1. The highest BCUT2D eigenvalue weighted by molar-refractivity contribution is 7.89. The van der Waals surface area contributed by atoms with Gasteiger partial charge in [-0.25, -0.2) is 8.42 Å². The maximum absolute atomic E-state index is 12.6. The molecule has 28 heavy (non-hydrogen) atoms. The topological polar surface area (TPSA) is 105 Å². The van der Waals surface area contributed by atoms with Gasteiger partial charge in [0, 0.05) is 19.2 Å². The number of rotatable bonds is 6. The van der Waals surface area contributed by atoms with Gasteiger partial charge in [0.15, 0.2) is 0 Å². The Kier molecular flexibility index (Phi) is 6.19. The van der Waals surface area contributed by atoms with Crippen LogP contribution < -0.4 is 5.43 Å². The predicted octanol–water partition coefficient (Wildman–Crippen LogP) is 4.13. The molecule has 0 unspecified atom stereocenters. The highest BCUT2D eigenvalue weighted by Crippen LogP contribution is 2.30. The Balaban J connectivity index is 1.84. The summed E-state index contributed by atoms with van der Waals surface area (Å²) in [6.45, 7) is 0.841. The zero-order valence-corrected chi connectivity index (χ0v) is 16.8. The Hall–Kier alpha value is -2.20. The molecule has 2 aromatic rings. The molecule has 0 atom stereocenters. The largest absolute Gasteiger partial charge is 0.295 e. The van der Waals surface area contributed by atoms with E-state index in [4.69, 9.17) is 23.2 Å². The van der Waals surface area contributed by atoms with Gasteiger partial charge < -0.3 is 0 Å². The minimum absolute atomic E-state index is 0.0710. The third-order valence-corrected chi connectivity index (χ3v) is 6.84. The van der Waals surface area contributed by atoms with Crippen molar-refractivity contribution < 1.29 is 13.3 Å². The lowest BCUT2D eigenvalue weighted by Gasteiger charge is -2.15. The van der Waals surface area contributed by atoms with Gasteiger partial charge >= 0.3 is 0 Å². The summed E-state index contributed by atoms with van der Waals surface area (Å²) in [4.78, 5) is 10.6. The van der Waals surface area contributed by atoms with Gasteiger partial charge in [-0.2, -0.15) is 9.41 Å². The van der Waals surface area contributed by atoms with Crippen molar-refractivity contribution in [3.05, 3.63) is 62.1 Å². The van der Waals surface area contributed by atoms with E-state index in [0.29, 0.717) is 28.7 Å². The summed E-state index contributed by atoms with van der Waals surface area (Å²) in [7, 11) is -3.75. The molecule has 0 saturated carbocycles. The monoisotopic (exact) mass is 442 g/mol. The molecule has 0 radical (unpaired) electrons. The van der Waals surface area contributed by atoms with Gasteiger partial charge in [-0.1, -0.05) is 29.3 Å². The lowest BCUT2D eigenvalue weighted by molar-refractivity contribution is -0.384. The quantitative estimate of drug-likeness (QED) is 0.411. The first-order chi connectivity index (χ1) is 13.3. The van der Waals surface area contributed by atoms with Crippen LogP contribution in [0.3, 0.4) is 0 Å². The number of hydrazone groups is 1. The number of nitro groups is 1. The smallest absolute Gasteiger partial charge is 0.272 e. The lowest BCUT2D eigenvalue weighted by Crippen LogP contribution is -2.27. The Morgan fingerprint density at radius 1 is 1.11 bits per heavy atom. The normalized spacial score (nSPS) is 15.2. The molecule has 3 rings (SSSR count). The van der Waals surface area contributed by atoms with E-state index in [-0.39, 0.29) is 16.3 Å². The van der Waals surface area contributed by atoms with Crippen molar-refractivity contribution in [2.24, 2.45) is 5.10 Å². The van der Waals surface area contributed by atoms with Gasteiger partial charge in [0.1, 0.15) is 5.69 Å². The van der Waals surface area contributed by atoms with E-state index >= 15 is 0 Å². The van der Waals surface area contributed by atoms with Crippen LogP contribution in [0.25, 0.3) is 0 Å². The van der Waals surface area contributed by atoms with Crippen LogP contribution in [-0.4, -0.2) is 37.0 Å². The van der Waals surface area contributed by atoms with Gasteiger partial charge in [-0.3, -0.25) is 15.5 Å². The fraction of sp³-hybridized carbons (Fsp3) is 0.235. The van der Waals surface area contributed by atoms with Crippen LogP contribution in [0.1, 0.15) is 18.4 Å². The molecule has 1 saturated heterocycles. The van der Waals surface area contributed by atoms with E-state index in [1.165, 1.54) is 22.7 Å². The Labute approximate surface area is 172 Å². The first-order valence-electron chi connectivity index (χ1n) is 8.32. The van der Waals surface area contributed by atoms with Crippen molar-refractivity contribution in [2.45, 2.75) is 17.7 Å². The summed E-state index contributed by atoms with van der Waals surface area (Å²) in [5, 5.41) is 16.1. The predicted molar refractivity (Wildman–Crippen MR) is 109 cm³/mol. The minimum Gasteiger partial charge on any atom is -0.272 e. The number of anilines is 1. The SMILES string of the molecule is O=[N+]([O-])c1cc(S(=O)(=O)N2CCCC2)ccc1NN=Cc1ccc(Cl)c(Cl)c1. The molecule has 1 heterocycles. The van der Waals surface area contributed by atoms with E-state index in [9.17, 15) is 18.5 Å². The molecule has 1 N–H and O–H groups in total. The molecule has 0 aromatic heterocycles. The molecular weight excluding hydrogens is 427 g/mol. The number of nitrogens with one attached hydrogen (secondary N) is 1. The molecule has 1 aliphatic rings. The van der Waals surface area contributed by atoms with Crippen molar-refractivity contribution in [1.82, 2.24) is 4.31 Å². The standard InChI is InChI=1S/C17H16Cl2N4O4S/c18-14-5-3-12(9-15(14)19)11-20-21-16-6-4-13(10-17(16)23(24)25)28(26,27)22-7-1-2-8-22/h3-6,9-11,21H,1-2,7-8H2. The average molecular weight is 443 g/mol. The fourth-order valence-corrected chi connectivity index (χ4v) is 4.61. The first kappa shape index (κ1) is 20.5. The highest BCUT2D eigenvalue weighted by atomic mass is 35.5. The van der Waals surface area contributed by atoms with Crippen LogP contribution in [0.15, 0.2) is 46.4 Å². The number of halogens is 2. The van der Waals surface area contributed by atoms with Crippen molar-refractivity contribution in [3.8, 4) is 0 Å². The van der Waals surface area contributed by atoms with Gasteiger partial charge in [0.25, 0.3) is 5.69 Å². The number of nitrogens with zero attached hydrogens (tertiary/aromatic N) is 3. The average Bonchev–Trinajstić information content (AvgIpc) is 3.20. The van der Waals surface area contributed by atoms with Crippen molar-refractivity contribution >= 4 is 50.8 Å². The highest BCUT2D eigenvalue weighted by Gasteiger charge is 2.29. The number of sulfonamides is 1. The molecule has 0 bridgehead atoms. The number of hydrogen-bond donors (Lipinski definition) is 1. The van der Waals surface area contributed by atoms with Gasteiger partial charge in [0.05, 0.1) is 26.1 Å². The van der Waals surface area contributed by atoms with Crippen molar-refractivity contribution in [2.75, 3.05) is 18.5 Å². The van der Waals surface area contributed by atoms with E-state index < -0.39 is 14.9 Å². The molecule has 0 amide bonds. The van der Waals surface area contributed by atoms with Crippen molar-refractivity contribution in [1.29, 1.82) is 0 Å². The summed E-state index contributed by atoms with van der Waals surface area (Å²) >= 11 is 11.8. The summed E-state index contributed by atoms with van der Waals surface area (Å²) in [6, 6.07) is 8.58. The van der Waals surface area contributed by atoms with Crippen LogP contribution >= 0.6 is 23.2 Å². The maximum Gasteiger partial charge on any atom is 0.295 e. The summed E-state index contributed by atoms with van der Waals surface area (Å²) < 4.78 is 26.6. The zero-order valence-electron chi connectivity index (χ0n) is 14.5. The van der Waals surface area contributed by atoms with Gasteiger partial charge in [-0.15, -0.1) is 0 Å². The summed E-state index contributed by atoms with van der Waals surface area (Å²) in [5.41, 5.74) is 2.89. The van der Waals surface area contributed by atoms with Crippen LogP contribution in [0.5, 0.6) is 0 Å². The molecule has 1 fully saturated rings. The van der Waals surface area contributed by atoms with Gasteiger partial charge in [-0.05, 0) is 42.7 Å². The molecule has 2 aromatic carbocycles. The van der Waals surface area contributed by atoms with Crippen LogP contribution in [-0.2, 0) is 10.0 Å². The van der Waals surface area contributed by atoms with E-state index in [2.05, 4.69) is 10.5 Å². The molecule has 11 heteroatoms. The maximum atomic E-state index is 12.6. The van der Waals surface area contributed by atoms with Crippen molar-refractivity contribution in [3.63, 3.8) is 0 Å². The van der Waals surface area contributed by atoms with E-state index in [0.717, 1.165) is 18.9 Å². The Bertz CT molecular complexity index is 1040. The van der Waals surface area contributed by atoms with Crippen LogP contribution in [0, 0.1) is 10.1 Å². The second-order valence-electron chi connectivity index (χ2n) is 6.09. The second kappa shape index (κ2) is 8.44. The molecule has 148 valence electrons. The Morgan fingerprint density at radius 3 is 2.46 bits per heavy atom. The summed E-state index contributed by atoms with van der Waals surface area (Å²) in [5.74, 6) is 0.